The van der Waals surface area contributed by atoms with Crippen LogP contribution < -0.4 is 4.74 Å². The van der Waals surface area contributed by atoms with Gasteiger partial charge in [0.1, 0.15) is 10.6 Å². The highest BCUT2D eigenvalue weighted by Crippen LogP contribution is 2.26. The Hall–Kier alpha value is -1.92. The van der Waals surface area contributed by atoms with Crippen LogP contribution in [0.2, 0.25) is 0 Å². The fourth-order valence-electron chi connectivity index (χ4n) is 1.89. The van der Waals surface area contributed by atoms with Gasteiger partial charge in [-0.05, 0) is 6.07 Å². The normalized spacial score (nSPS) is 10.5. The van der Waals surface area contributed by atoms with Gasteiger partial charge in [-0.25, -0.2) is 9.78 Å². The molecule has 0 radical (unpaired) electrons. The second-order valence-corrected chi connectivity index (χ2v) is 5.19. The van der Waals surface area contributed by atoms with E-state index in [1.165, 1.54) is 18.4 Å². The first-order chi connectivity index (χ1) is 9.65. The summed E-state index contributed by atoms with van der Waals surface area (Å²) in [6.45, 7) is 0.198. The van der Waals surface area contributed by atoms with E-state index in [1.807, 2.05) is 24.3 Å². The van der Waals surface area contributed by atoms with Crippen LogP contribution >= 0.6 is 11.3 Å². The van der Waals surface area contributed by atoms with E-state index >= 15 is 0 Å². The number of aromatic carboxylic acids is 1. The molecule has 106 valence electrons. The maximum absolute atomic E-state index is 11.2. The van der Waals surface area contributed by atoms with E-state index < -0.39 is 5.97 Å². The van der Waals surface area contributed by atoms with E-state index in [-0.39, 0.29) is 11.5 Å². The van der Waals surface area contributed by atoms with E-state index in [1.54, 1.807) is 7.11 Å². The Morgan fingerprint density at radius 3 is 2.75 bits per heavy atom. The van der Waals surface area contributed by atoms with Gasteiger partial charge in [0, 0.05) is 19.1 Å². The lowest BCUT2D eigenvalue weighted by Gasteiger charge is -2.05. The van der Waals surface area contributed by atoms with Crippen molar-refractivity contribution in [3.8, 4) is 5.75 Å². The third kappa shape index (κ3) is 3.15. The van der Waals surface area contributed by atoms with Crippen molar-refractivity contribution >= 4 is 17.3 Å². The molecule has 0 fully saturated rings. The molecule has 0 atom stereocenters. The zero-order valence-corrected chi connectivity index (χ0v) is 12.1. The summed E-state index contributed by atoms with van der Waals surface area (Å²) < 4.78 is 10.3. The Kier molecular flexibility index (Phi) is 4.70. The summed E-state index contributed by atoms with van der Waals surface area (Å²) in [5, 5.41) is 9.90. The third-order valence-corrected chi connectivity index (χ3v) is 3.84. The Morgan fingerprint density at radius 2 is 2.10 bits per heavy atom. The summed E-state index contributed by atoms with van der Waals surface area (Å²) in [5.74, 6) is -0.200. The van der Waals surface area contributed by atoms with Crippen molar-refractivity contribution in [1.29, 1.82) is 0 Å². The van der Waals surface area contributed by atoms with Crippen molar-refractivity contribution < 1.29 is 19.4 Å². The van der Waals surface area contributed by atoms with E-state index in [2.05, 4.69) is 4.98 Å². The number of rotatable bonds is 6. The van der Waals surface area contributed by atoms with Crippen LogP contribution in [-0.4, -0.2) is 30.3 Å². The minimum absolute atomic E-state index is 0.198. The van der Waals surface area contributed by atoms with Crippen LogP contribution in [0.3, 0.4) is 0 Å². The largest absolute Gasteiger partial charge is 0.496 e. The first kappa shape index (κ1) is 14.5. The molecule has 0 unspecified atom stereocenters. The molecule has 0 saturated heterocycles. The molecule has 6 heteroatoms. The Bertz CT molecular complexity index is 609. The minimum Gasteiger partial charge on any atom is -0.496 e. The number of hydrogen-bond donors (Lipinski definition) is 1. The number of aromatic nitrogens is 1. The molecule has 20 heavy (non-hydrogen) atoms. The summed E-state index contributed by atoms with van der Waals surface area (Å²) in [6, 6.07) is 7.62. The monoisotopic (exact) mass is 293 g/mol. The number of carbonyl (C=O) groups is 1. The van der Waals surface area contributed by atoms with Crippen LogP contribution in [-0.2, 0) is 17.8 Å². The van der Waals surface area contributed by atoms with Crippen LogP contribution in [0.4, 0.5) is 0 Å². The number of methoxy groups -OCH3 is 2. The van der Waals surface area contributed by atoms with Crippen molar-refractivity contribution in [2.75, 3.05) is 14.2 Å². The summed E-state index contributed by atoms with van der Waals surface area (Å²) in [4.78, 5) is 15.8. The topological polar surface area (TPSA) is 68.7 Å². The predicted molar refractivity (Wildman–Crippen MR) is 75.6 cm³/mol. The number of nitrogens with zero attached hydrogens (tertiary/aromatic N) is 1. The Balaban J connectivity index is 2.29. The predicted octanol–water partition coefficient (Wildman–Crippen LogP) is 2.59. The molecule has 0 saturated carbocycles. The van der Waals surface area contributed by atoms with Gasteiger partial charge < -0.3 is 14.6 Å². The van der Waals surface area contributed by atoms with Crippen molar-refractivity contribution in [1.82, 2.24) is 4.98 Å². The number of hydrogen-bond acceptors (Lipinski definition) is 5. The van der Waals surface area contributed by atoms with Crippen molar-refractivity contribution in [2.24, 2.45) is 0 Å². The van der Waals surface area contributed by atoms with Gasteiger partial charge in [0.2, 0.25) is 0 Å². The third-order valence-electron chi connectivity index (χ3n) is 2.75. The molecule has 1 aromatic heterocycles. The number of carboxylic acids is 1. The number of thiazole rings is 1. The lowest BCUT2D eigenvalue weighted by atomic mass is 10.1. The van der Waals surface area contributed by atoms with Gasteiger partial charge in [0.25, 0.3) is 0 Å². The molecule has 2 rings (SSSR count). The average molecular weight is 293 g/mol. The fraction of sp³-hybridized carbons (Fsp3) is 0.286. The first-order valence-corrected chi connectivity index (χ1v) is 6.80. The van der Waals surface area contributed by atoms with Gasteiger partial charge in [-0.3, -0.25) is 0 Å². The van der Waals surface area contributed by atoms with Crippen LogP contribution in [0.15, 0.2) is 24.3 Å². The Morgan fingerprint density at radius 1 is 1.35 bits per heavy atom. The van der Waals surface area contributed by atoms with Gasteiger partial charge in [-0.15, -0.1) is 11.3 Å². The van der Waals surface area contributed by atoms with Crippen molar-refractivity contribution in [3.63, 3.8) is 0 Å². The zero-order chi connectivity index (χ0) is 14.5. The van der Waals surface area contributed by atoms with E-state index in [0.29, 0.717) is 12.1 Å². The minimum atomic E-state index is -0.971. The van der Waals surface area contributed by atoms with Crippen molar-refractivity contribution in [3.05, 3.63) is 45.4 Å². The van der Waals surface area contributed by atoms with Gasteiger partial charge in [0.05, 0.1) is 24.4 Å². The molecular formula is C14H15NO4S. The molecule has 0 spiro atoms. The molecule has 0 bridgehead atoms. The summed E-state index contributed by atoms with van der Waals surface area (Å²) in [5.41, 5.74) is 1.44. The lowest BCUT2D eigenvalue weighted by Crippen LogP contribution is -2.00. The van der Waals surface area contributed by atoms with Crippen LogP contribution in [0, 0.1) is 0 Å². The van der Waals surface area contributed by atoms with Crippen molar-refractivity contribution in [2.45, 2.75) is 13.0 Å². The van der Waals surface area contributed by atoms with Crippen LogP contribution in [0.25, 0.3) is 0 Å². The average Bonchev–Trinajstić information content (AvgIpc) is 2.83. The maximum atomic E-state index is 11.2. The van der Waals surface area contributed by atoms with Gasteiger partial charge in [-0.1, -0.05) is 18.2 Å². The molecule has 5 nitrogen and oxygen atoms in total. The van der Waals surface area contributed by atoms with E-state index in [4.69, 9.17) is 14.6 Å². The molecule has 0 aliphatic carbocycles. The fourth-order valence-corrected chi connectivity index (χ4v) is 2.82. The number of carboxylic acid groups (broad SMARTS) is 1. The van der Waals surface area contributed by atoms with Gasteiger partial charge in [-0.2, -0.15) is 0 Å². The van der Waals surface area contributed by atoms with Gasteiger partial charge >= 0.3 is 5.97 Å². The first-order valence-electron chi connectivity index (χ1n) is 5.98. The molecule has 0 aliphatic heterocycles. The second-order valence-electron chi connectivity index (χ2n) is 4.11. The smallest absolute Gasteiger partial charge is 0.347 e. The molecule has 2 aromatic rings. The SMILES string of the molecule is COCc1nc(Cc2ccccc2OC)sc1C(=O)O. The molecular weight excluding hydrogens is 278 g/mol. The summed E-state index contributed by atoms with van der Waals surface area (Å²) in [7, 11) is 3.13. The van der Waals surface area contributed by atoms with Crippen LogP contribution in [0.5, 0.6) is 5.75 Å². The number of ether oxygens (including phenoxy) is 2. The summed E-state index contributed by atoms with van der Waals surface area (Å²) in [6.07, 6.45) is 0.540. The summed E-state index contributed by atoms with van der Waals surface area (Å²) >= 11 is 1.18. The highest BCUT2D eigenvalue weighted by Gasteiger charge is 2.18. The zero-order valence-electron chi connectivity index (χ0n) is 11.3. The molecule has 1 aromatic carbocycles. The molecule has 1 heterocycles. The molecule has 0 aliphatic rings. The standard InChI is InChI=1S/C14H15NO4S/c1-18-8-10-13(14(16)17)20-12(15-10)7-9-5-3-4-6-11(9)19-2/h3-6H,7-8H2,1-2H3,(H,16,17). The molecule has 0 amide bonds. The van der Waals surface area contributed by atoms with Crippen LogP contribution in [0.1, 0.15) is 25.9 Å². The highest BCUT2D eigenvalue weighted by molar-refractivity contribution is 7.13. The number of benzene rings is 1. The van der Waals surface area contributed by atoms with Gasteiger partial charge in [0.15, 0.2) is 0 Å². The highest BCUT2D eigenvalue weighted by atomic mass is 32.1. The molecule has 1 N–H and O–H groups in total. The maximum Gasteiger partial charge on any atom is 0.347 e. The quantitative estimate of drug-likeness (QED) is 0.886. The number of para-hydroxylation sites is 1. The lowest BCUT2D eigenvalue weighted by molar-refractivity contribution is 0.0697. The van der Waals surface area contributed by atoms with E-state index in [9.17, 15) is 4.79 Å². The van der Waals surface area contributed by atoms with E-state index in [0.717, 1.165) is 16.3 Å². The Labute approximate surface area is 120 Å². The second kappa shape index (κ2) is 6.49.